The molecule has 0 aliphatic rings. The van der Waals surface area contributed by atoms with Gasteiger partial charge in [-0.25, -0.2) is 0 Å². The van der Waals surface area contributed by atoms with E-state index in [1.54, 1.807) is 0 Å². The lowest BCUT2D eigenvalue weighted by Crippen LogP contribution is -2.04. The standard InChI is InChI=1S/C19H14N2O2/c1-22-21-16-11-19(23-18-9-5-4-8-15(16)18)17-10-13-6-2-3-7-14(13)12-20-17/h2-12H,1H3. The normalized spacial score (nSPS) is 12.0. The molecule has 2 heterocycles. The molecule has 0 N–H and O–H groups in total. The lowest BCUT2D eigenvalue weighted by atomic mass is 10.1. The molecule has 0 saturated carbocycles. The lowest BCUT2D eigenvalue weighted by Gasteiger charge is -2.05. The molecule has 0 atom stereocenters. The van der Waals surface area contributed by atoms with Gasteiger partial charge in [0.2, 0.25) is 0 Å². The monoisotopic (exact) mass is 302 g/mol. The van der Waals surface area contributed by atoms with Crippen LogP contribution < -0.4 is 5.36 Å². The predicted octanol–water partition coefficient (Wildman–Crippen LogP) is 4.11. The Kier molecular flexibility index (Phi) is 3.27. The highest BCUT2D eigenvalue weighted by molar-refractivity contribution is 5.85. The molecule has 0 amide bonds. The molecule has 4 aromatic rings. The van der Waals surface area contributed by atoms with Gasteiger partial charge in [0, 0.05) is 23.0 Å². The highest BCUT2D eigenvalue weighted by atomic mass is 16.6. The van der Waals surface area contributed by atoms with Crippen molar-refractivity contribution in [3.8, 4) is 11.5 Å². The van der Waals surface area contributed by atoms with E-state index in [-0.39, 0.29) is 0 Å². The van der Waals surface area contributed by atoms with Crippen LogP contribution in [-0.2, 0) is 4.84 Å². The van der Waals surface area contributed by atoms with Crippen molar-refractivity contribution < 1.29 is 9.25 Å². The summed E-state index contributed by atoms with van der Waals surface area (Å²) in [6, 6.07) is 19.7. The number of rotatable bonds is 2. The quantitative estimate of drug-likeness (QED) is 0.523. The van der Waals surface area contributed by atoms with Gasteiger partial charge >= 0.3 is 0 Å². The van der Waals surface area contributed by atoms with Gasteiger partial charge in [-0.05, 0) is 23.6 Å². The molecule has 0 aliphatic heterocycles. The Hall–Kier alpha value is -3.14. The van der Waals surface area contributed by atoms with E-state index < -0.39 is 0 Å². The number of benzene rings is 2. The fraction of sp³-hybridized carbons (Fsp3) is 0.0526. The molecule has 2 aromatic heterocycles. The Morgan fingerprint density at radius 2 is 1.74 bits per heavy atom. The summed E-state index contributed by atoms with van der Waals surface area (Å²) in [5.74, 6) is 0.658. The van der Waals surface area contributed by atoms with Crippen molar-refractivity contribution in [2.75, 3.05) is 7.11 Å². The summed E-state index contributed by atoms with van der Waals surface area (Å²) in [6.07, 6.45) is 1.85. The number of aromatic nitrogens is 1. The van der Waals surface area contributed by atoms with E-state index in [4.69, 9.17) is 9.25 Å². The maximum absolute atomic E-state index is 6.01. The minimum atomic E-state index is 0.658. The molecule has 0 aliphatic carbocycles. The molecule has 0 fully saturated rings. The molecule has 0 radical (unpaired) electrons. The van der Waals surface area contributed by atoms with Crippen molar-refractivity contribution in [1.82, 2.24) is 4.98 Å². The topological polar surface area (TPSA) is 47.6 Å². The molecule has 2 aromatic carbocycles. The second kappa shape index (κ2) is 5.57. The van der Waals surface area contributed by atoms with E-state index >= 15 is 0 Å². The Labute approximate surface area is 132 Å². The van der Waals surface area contributed by atoms with Crippen LogP contribution in [0.15, 0.2) is 76.4 Å². The summed E-state index contributed by atoms with van der Waals surface area (Å²) in [7, 11) is 1.53. The fourth-order valence-electron chi connectivity index (χ4n) is 2.64. The van der Waals surface area contributed by atoms with Gasteiger partial charge < -0.3 is 9.25 Å². The van der Waals surface area contributed by atoms with E-state index in [9.17, 15) is 0 Å². The Morgan fingerprint density at radius 1 is 0.957 bits per heavy atom. The van der Waals surface area contributed by atoms with Crippen molar-refractivity contribution in [3.63, 3.8) is 0 Å². The first kappa shape index (κ1) is 13.5. The van der Waals surface area contributed by atoms with Crippen LogP contribution >= 0.6 is 0 Å². The first-order valence-electron chi connectivity index (χ1n) is 7.30. The van der Waals surface area contributed by atoms with Crippen LogP contribution in [0.3, 0.4) is 0 Å². The van der Waals surface area contributed by atoms with Gasteiger partial charge in [0.1, 0.15) is 23.7 Å². The highest BCUT2D eigenvalue weighted by Crippen LogP contribution is 2.23. The number of para-hydroxylation sites is 1. The minimum Gasteiger partial charge on any atom is -0.454 e. The van der Waals surface area contributed by atoms with Crippen molar-refractivity contribution in [2.45, 2.75) is 0 Å². The largest absolute Gasteiger partial charge is 0.454 e. The van der Waals surface area contributed by atoms with Gasteiger partial charge in [0.05, 0.1) is 0 Å². The van der Waals surface area contributed by atoms with Gasteiger partial charge in [-0.3, -0.25) is 4.98 Å². The molecule has 0 saturated heterocycles. The summed E-state index contributed by atoms with van der Waals surface area (Å²) in [4.78, 5) is 9.47. The average molecular weight is 302 g/mol. The van der Waals surface area contributed by atoms with Crippen LogP contribution in [0.2, 0.25) is 0 Å². The zero-order valence-electron chi connectivity index (χ0n) is 12.6. The van der Waals surface area contributed by atoms with Gasteiger partial charge in [0.25, 0.3) is 0 Å². The van der Waals surface area contributed by atoms with Crippen LogP contribution in [0, 0.1) is 0 Å². The Bertz CT molecular complexity index is 1070. The van der Waals surface area contributed by atoms with Crippen LogP contribution in [0.5, 0.6) is 0 Å². The average Bonchev–Trinajstić information content (AvgIpc) is 2.61. The van der Waals surface area contributed by atoms with E-state index in [1.165, 1.54) is 7.11 Å². The van der Waals surface area contributed by atoms with E-state index in [2.05, 4.69) is 16.2 Å². The van der Waals surface area contributed by atoms with Gasteiger partial charge in [-0.2, -0.15) is 0 Å². The number of hydrogen-bond acceptors (Lipinski definition) is 4. The van der Waals surface area contributed by atoms with Gasteiger partial charge in [-0.15, -0.1) is 0 Å². The van der Waals surface area contributed by atoms with E-state index in [0.29, 0.717) is 5.76 Å². The highest BCUT2D eigenvalue weighted by Gasteiger charge is 2.08. The smallest absolute Gasteiger partial charge is 0.155 e. The van der Waals surface area contributed by atoms with Gasteiger partial charge in [-0.1, -0.05) is 41.6 Å². The summed E-state index contributed by atoms with van der Waals surface area (Å²) in [5.41, 5.74) is 1.51. The third-order valence-electron chi connectivity index (χ3n) is 3.72. The zero-order valence-corrected chi connectivity index (χ0v) is 12.6. The van der Waals surface area contributed by atoms with Crippen molar-refractivity contribution in [2.24, 2.45) is 5.16 Å². The zero-order chi connectivity index (χ0) is 15.6. The summed E-state index contributed by atoms with van der Waals surface area (Å²) >= 11 is 0. The third kappa shape index (κ3) is 2.44. The predicted molar refractivity (Wildman–Crippen MR) is 89.5 cm³/mol. The SMILES string of the molecule is CON=c1cc(-c2cc3ccccc3cn2)oc2ccccc12. The second-order valence-corrected chi connectivity index (χ2v) is 5.18. The number of pyridine rings is 1. The van der Waals surface area contributed by atoms with Crippen LogP contribution in [0.25, 0.3) is 33.2 Å². The van der Waals surface area contributed by atoms with Crippen molar-refractivity contribution in [3.05, 3.63) is 72.2 Å². The number of hydrogen-bond donors (Lipinski definition) is 0. The Morgan fingerprint density at radius 3 is 2.61 bits per heavy atom. The van der Waals surface area contributed by atoms with Crippen molar-refractivity contribution >= 4 is 21.7 Å². The van der Waals surface area contributed by atoms with E-state index in [0.717, 1.165) is 32.8 Å². The summed E-state index contributed by atoms with van der Waals surface area (Å²) in [6.45, 7) is 0. The molecule has 0 unspecified atom stereocenters. The minimum absolute atomic E-state index is 0.658. The first-order valence-corrected chi connectivity index (χ1v) is 7.30. The Balaban J connectivity index is 1.98. The van der Waals surface area contributed by atoms with E-state index in [1.807, 2.05) is 60.8 Å². The maximum atomic E-state index is 6.01. The summed E-state index contributed by atoms with van der Waals surface area (Å²) in [5, 5.41) is 7.93. The third-order valence-corrected chi connectivity index (χ3v) is 3.72. The molecule has 4 heteroatoms. The lowest BCUT2D eigenvalue weighted by molar-refractivity contribution is 0.201. The first-order chi connectivity index (χ1) is 11.3. The van der Waals surface area contributed by atoms with Crippen LogP contribution in [-0.4, -0.2) is 12.1 Å². The number of nitrogens with zero attached hydrogens (tertiary/aromatic N) is 2. The molecule has 112 valence electrons. The second-order valence-electron chi connectivity index (χ2n) is 5.18. The number of fused-ring (bicyclic) bond motifs is 2. The molecular weight excluding hydrogens is 288 g/mol. The summed E-state index contributed by atoms with van der Waals surface area (Å²) < 4.78 is 6.01. The van der Waals surface area contributed by atoms with Crippen LogP contribution in [0.1, 0.15) is 0 Å². The fourth-order valence-corrected chi connectivity index (χ4v) is 2.64. The molecule has 4 nitrogen and oxygen atoms in total. The van der Waals surface area contributed by atoms with Crippen molar-refractivity contribution in [1.29, 1.82) is 0 Å². The molecule has 23 heavy (non-hydrogen) atoms. The maximum Gasteiger partial charge on any atom is 0.155 e. The van der Waals surface area contributed by atoms with Gasteiger partial charge in [0.15, 0.2) is 5.76 Å². The molecule has 4 rings (SSSR count). The molecular formula is C19H14N2O2. The molecule has 0 bridgehead atoms. The molecule has 0 spiro atoms. The van der Waals surface area contributed by atoms with Crippen LogP contribution in [0.4, 0.5) is 0 Å².